The van der Waals surface area contributed by atoms with Crippen molar-refractivity contribution < 1.29 is 9.50 Å². The number of nitrogens with zero attached hydrogens (tertiary/aromatic N) is 2. The Hall–Kier alpha value is -1.88. The topological polar surface area (TPSA) is 47.3 Å². The van der Waals surface area contributed by atoms with Crippen molar-refractivity contribution in [1.29, 1.82) is 5.26 Å². The van der Waals surface area contributed by atoms with Gasteiger partial charge in [0.15, 0.2) is 0 Å². The molecule has 0 saturated heterocycles. The first kappa shape index (κ1) is 15.2. The van der Waals surface area contributed by atoms with Crippen LogP contribution in [-0.2, 0) is 6.54 Å². The fraction of sp³-hybridized carbons (Fsp3) is 0.400. The maximum atomic E-state index is 13.5. The van der Waals surface area contributed by atoms with Gasteiger partial charge >= 0.3 is 0 Å². The average molecular weight is 260 g/mol. The fourth-order valence-corrected chi connectivity index (χ4v) is 1.67. The Morgan fingerprint density at radius 3 is 2.79 bits per heavy atom. The van der Waals surface area contributed by atoms with E-state index in [0.29, 0.717) is 31.5 Å². The van der Waals surface area contributed by atoms with E-state index in [9.17, 15) is 4.39 Å². The summed E-state index contributed by atoms with van der Waals surface area (Å²) >= 11 is 0. The Kier molecular flexibility index (Phi) is 6.60. The molecule has 3 nitrogen and oxygen atoms in total. The molecule has 1 aromatic carbocycles. The van der Waals surface area contributed by atoms with Gasteiger partial charge in [0.1, 0.15) is 5.82 Å². The van der Waals surface area contributed by atoms with Crippen LogP contribution in [0, 0.1) is 29.0 Å². The molecular weight excluding hydrogens is 243 g/mol. The van der Waals surface area contributed by atoms with Gasteiger partial charge in [0.2, 0.25) is 0 Å². The molecule has 4 heteroatoms. The lowest BCUT2D eigenvalue weighted by atomic mass is 10.1. The van der Waals surface area contributed by atoms with E-state index in [4.69, 9.17) is 10.4 Å². The highest BCUT2D eigenvalue weighted by atomic mass is 19.1. The van der Waals surface area contributed by atoms with Crippen LogP contribution in [0.2, 0.25) is 0 Å². The lowest BCUT2D eigenvalue weighted by Crippen LogP contribution is -2.18. The molecule has 0 fully saturated rings. The van der Waals surface area contributed by atoms with Crippen molar-refractivity contribution in [2.45, 2.75) is 19.4 Å². The molecule has 0 aliphatic carbocycles. The summed E-state index contributed by atoms with van der Waals surface area (Å²) in [5, 5.41) is 17.2. The molecule has 0 spiro atoms. The lowest BCUT2D eigenvalue weighted by molar-refractivity contribution is 0.305. The van der Waals surface area contributed by atoms with Crippen molar-refractivity contribution in [3.63, 3.8) is 0 Å². The van der Waals surface area contributed by atoms with Crippen molar-refractivity contribution >= 4 is 0 Å². The SMILES string of the molecule is CN(CCC#N)Cc1cc(F)cc(C#CCCO)c1. The van der Waals surface area contributed by atoms with Crippen molar-refractivity contribution in [1.82, 2.24) is 4.90 Å². The van der Waals surface area contributed by atoms with E-state index in [1.54, 1.807) is 0 Å². The van der Waals surface area contributed by atoms with Crippen LogP contribution in [0.3, 0.4) is 0 Å². The summed E-state index contributed by atoms with van der Waals surface area (Å²) < 4.78 is 13.5. The monoisotopic (exact) mass is 260 g/mol. The van der Waals surface area contributed by atoms with Crippen LogP contribution in [0.4, 0.5) is 4.39 Å². The van der Waals surface area contributed by atoms with Gasteiger partial charge in [0.25, 0.3) is 0 Å². The largest absolute Gasteiger partial charge is 0.395 e. The predicted molar refractivity (Wildman–Crippen MR) is 71.5 cm³/mol. The van der Waals surface area contributed by atoms with E-state index in [2.05, 4.69) is 17.9 Å². The Balaban J connectivity index is 2.74. The van der Waals surface area contributed by atoms with Crippen LogP contribution < -0.4 is 0 Å². The fourth-order valence-electron chi connectivity index (χ4n) is 1.67. The minimum Gasteiger partial charge on any atom is -0.395 e. The Bertz CT molecular complexity index is 511. The van der Waals surface area contributed by atoms with E-state index >= 15 is 0 Å². The van der Waals surface area contributed by atoms with Crippen molar-refractivity contribution in [2.24, 2.45) is 0 Å². The number of halogens is 1. The van der Waals surface area contributed by atoms with E-state index in [0.717, 1.165) is 5.56 Å². The van der Waals surface area contributed by atoms with Crippen LogP contribution >= 0.6 is 0 Å². The number of nitriles is 1. The van der Waals surface area contributed by atoms with Gasteiger partial charge in [0, 0.05) is 31.5 Å². The molecule has 0 heterocycles. The second-order valence-corrected chi connectivity index (χ2v) is 4.27. The van der Waals surface area contributed by atoms with Crippen LogP contribution in [0.15, 0.2) is 18.2 Å². The second kappa shape index (κ2) is 8.26. The quantitative estimate of drug-likeness (QED) is 0.823. The third kappa shape index (κ3) is 6.01. The van der Waals surface area contributed by atoms with Crippen molar-refractivity contribution in [2.75, 3.05) is 20.2 Å². The highest BCUT2D eigenvalue weighted by Crippen LogP contribution is 2.10. The molecule has 0 saturated carbocycles. The van der Waals surface area contributed by atoms with E-state index in [1.807, 2.05) is 18.0 Å². The van der Waals surface area contributed by atoms with Crippen LogP contribution in [0.5, 0.6) is 0 Å². The molecule has 19 heavy (non-hydrogen) atoms. The molecule has 0 radical (unpaired) electrons. The molecular formula is C15H17FN2O. The molecule has 0 amide bonds. The standard InChI is InChI=1S/C15H17FN2O/c1-18(7-4-6-17)12-14-9-13(5-2-3-8-19)10-15(16)11-14/h9-11,19H,3-4,7-8,12H2,1H3. The summed E-state index contributed by atoms with van der Waals surface area (Å²) in [5.41, 5.74) is 1.44. The second-order valence-electron chi connectivity index (χ2n) is 4.27. The molecule has 1 aromatic rings. The van der Waals surface area contributed by atoms with Gasteiger partial charge in [-0.1, -0.05) is 11.8 Å². The molecule has 1 rings (SSSR count). The summed E-state index contributed by atoms with van der Waals surface area (Å²) in [6, 6.07) is 6.76. The number of hydrogen-bond acceptors (Lipinski definition) is 3. The zero-order chi connectivity index (χ0) is 14.1. The van der Waals surface area contributed by atoms with Gasteiger partial charge in [-0.05, 0) is 30.8 Å². The summed E-state index contributed by atoms with van der Waals surface area (Å²) in [7, 11) is 1.89. The zero-order valence-corrected chi connectivity index (χ0v) is 11.0. The van der Waals surface area contributed by atoms with Crippen LogP contribution in [0.25, 0.3) is 0 Å². The number of hydrogen-bond donors (Lipinski definition) is 1. The molecule has 0 aliphatic rings. The zero-order valence-electron chi connectivity index (χ0n) is 11.0. The lowest BCUT2D eigenvalue weighted by Gasteiger charge is -2.15. The van der Waals surface area contributed by atoms with Crippen molar-refractivity contribution in [3.8, 4) is 17.9 Å². The molecule has 1 N–H and O–H groups in total. The third-order valence-corrected chi connectivity index (χ3v) is 2.48. The number of benzene rings is 1. The summed E-state index contributed by atoms with van der Waals surface area (Å²) in [4.78, 5) is 1.96. The van der Waals surface area contributed by atoms with Gasteiger partial charge < -0.3 is 10.0 Å². The first-order chi connectivity index (χ1) is 9.15. The smallest absolute Gasteiger partial charge is 0.124 e. The summed E-state index contributed by atoms with van der Waals surface area (Å²) in [5.74, 6) is 5.27. The number of rotatable bonds is 5. The molecule has 0 aromatic heterocycles. The van der Waals surface area contributed by atoms with Gasteiger partial charge in [0.05, 0.1) is 12.7 Å². The Morgan fingerprint density at radius 1 is 1.32 bits per heavy atom. The molecule has 0 atom stereocenters. The average Bonchev–Trinajstić information content (AvgIpc) is 2.36. The highest BCUT2D eigenvalue weighted by Gasteiger charge is 2.03. The maximum Gasteiger partial charge on any atom is 0.124 e. The van der Waals surface area contributed by atoms with Gasteiger partial charge in [-0.25, -0.2) is 4.39 Å². The van der Waals surface area contributed by atoms with Crippen LogP contribution in [-0.4, -0.2) is 30.2 Å². The van der Waals surface area contributed by atoms with Gasteiger partial charge in [-0.3, -0.25) is 0 Å². The first-order valence-corrected chi connectivity index (χ1v) is 6.10. The van der Waals surface area contributed by atoms with E-state index in [1.165, 1.54) is 12.1 Å². The minimum absolute atomic E-state index is 0.00602. The number of aliphatic hydroxyl groups excluding tert-OH is 1. The predicted octanol–water partition coefficient (Wildman–Crippen LogP) is 1.91. The van der Waals surface area contributed by atoms with Gasteiger partial charge in [-0.2, -0.15) is 5.26 Å². The summed E-state index contributed by atoms with van der Waals surface area (Å²) in [6.45, 7) is 1.23. The Morgan fingerprint density at radius 2 is 2.11 bits per heavy atom. The van der Waals surface area contributed by atoms with Crippen LogP contribution in [0.1, 0.15) is 24.0 Å². The van der Waals surface area contributed by atoms with Crippen molar-refractivity contribution in [3.05, 3.63) is 35.1 Å². The molecule has 0 aliphatic heterocycles. The van der Waals surface area contributed by atoms with E-state index < -0.39 is 0 Å². The normalized spacial score (nSPS) is 9.84. The number of aliphatic hydroxyl groups is 1. The summed E-state index contributed by atoms with van der Waals surface area (Å²) in [6.07, 6.45) is 0.836. The maximum absolute atomic E-state index is 13.5. The molecule has 0 unspecified atom stereocenters. The van der Waals surface area contributed by atoms with E-state index in [-0.39, 0.29) is 12.4 Å². The molecule has 100 valence electrons. The third-order valence-electron chi connectivity index (χ3n) is 2.48. The Labute approximate surface area is 113 Å². The molecule has 0 bridgehead atoms. The van der Waals surface area contributed by atoms with Gasteiger partial charge in [-0.15, -0.1) is 0 Å². The minimum atomic E-state index is -0.320. The highest BCUT2D eigenvalue weighted by molar-refractivity contribution is 5.37. The first-order valence-electron chi connectivity index (χ1n) is 6.10.